The number of ether oxygens (including phenoxy) is 2. The Morgan fingerprint density at radius 3 is 1.50 bits per heavy atom. The van der Waals surface area contributed by atoms with Gasteiger partial charge in [0.05, 0.1) is 11.1 Å². The second kappa shape index (κ2) is 12.5. The first-order chi connectivity index (χ1) is 23.6. The molecule has 0 fully saturated rings. The van der Waals surface area contributed by atoms with Crippen LogP contribution in [-0.2, 0) is 9.47 Å². The van der Waals surface area contributed by atoms with Crippen LogP contribution in [0.5, 0.6) is 0 Å². The predicted molar refractivity (Wildman–Crippen MR) is 182 cm³/mol. The van der Waals surface area contributed by atoms with Crippen LogP contribution in [0.3, 0.4) is 0 Å². The van der Waals surface area contributed by atoms with E-state index in [-0.39, 0.29) is 13.2 Å². The maximum atomic E-state index is 12.7. The van der Waals surface area contributed by atoms with Crippen molar-refractivity contribution in [3.63, 3.8) is 0 Å². The smallest absolute Gasteiger partial charge is 0.338 e. The topological polar surface area (TPSA) is 105 Å². The molecule has 0 N–H and O–H groups in total. The Morgan fingerprint density at radius 1 is 0.583 bits per heavy atom. The molecule has 0 atom stereocenters. The van der Waals surface area contributed by atoms with Crippen LogP contribution in [-0.4, -0.2) is 35.1 Å². The van der Waals surface area contributed by atoms with E-state index in [0.717, 1.165) is 35.1 Å². The van der Waals surface area contributed by atoms with Crippen molar-refractivity contribution in [1.29, 1.82) is 0 Å². The van der Waals surface area contributed by atoms with Gasteiger partial charge in [-0.25, -0.2) is 19.6 Å². The molecule has 0 saturated heterocycles. The summed E-state index contributed by atoms with van der Waals surface area (Å²) in [7, 11) is 0. The molecule has 8 nitrogen and oxygen atoms in total. The van der Waals surface area contributed by atoms with Crippen LogP contribution in [0.2, 0.25) is 0 Å². The Labute approximate surface area is 275 Å². The number of rotatable bonds is 9. The minimum absolute atomic E-state index is 0.268. The summed E-state index contributed by atoms with van der Waals surface area (Å²) in [4.78, 5) is 34.7. The van der Waals surface area contributed by atoms with Crippen LogP contribution in [0, 0.1) is 0 Å². The van der Waals surface area contributed by atoms with E-state index in [9.17, 15) is 9.59 Å². The van der Waals surface area contributed by atoms with E-state index in [2.05, 4.69) is 9.97 Å². The van der Waals surface area contributed by atoms with Gasteiger partial charge in [0, 0.05) is 11.1 Å². The number of benzene rings is 4. The Morgan fingerprint density at radius 2 is 1.06 bits per heavy atom. The minimum Gasteiger partial charge on any atom is -0.458 e. The van der Waals surface area contributed by atoms with Crippen LogP contribution in [0.1, 0.15) is 33.6 Å². The predicted octanol–water partition coefficient (Wildman–Crippen LogP) is 9.06. The number of allylic oxidation sites excluding steroid dienone is 6. The zero-order valence-corrected chi connectivity index (χ0v) is 25.7. The molecule has 8 rings (SSSR count). The van der Waals surface area contributed by atoms with Gasteiger partial charge in [-0.15, -0.1) is 0 Å². The summed E-state index contributed by atoms with van der Waals surface area (Å²) in [5, 5.41) is 0. The average molecular weight is 633 g/mol. The number of fused-ring (bicyclic) bond motifs is 2. The van der Waals surface area contributed by atoms with Gasteiger partial charge in [0.1, 0.15) is 24.2 Å². The molecule has 8 heteroatoms. The molecule has 0 saturated carbocycles. The quantitative estimate of drug-likeness (QED) is 0.145. The Hall–Kier alpha value is -6.28. The molecular formula is C40H28N2O6. The summed E-state index contributed by atoms with van der Waals surface area (Å²) in [5.41, 5.74) is 8.79. The molecule has 2 aliphatic carbocycles. The van der Waals surface area contributed by atoms with Crippen molar-refractivity contribution in [2.24, 2.45) is 0 Å². The lowest BCUT2D eigenvalue weighted by Gasteiger charge is -2.06. The van der Waals surface area contributed by atoms with E-state index in [4.69, 9.17) is 18.3 Å². The highest BCUT2D eigenvalue weighted by Crippen LogP contribution is 2.32. The van der Waals surface area contributed by atoms with Crippen LogP contribution in [0.4, 0.5) is 0 Å². The van der Waals surface area contributed by atoms with Crippen LogP contribution < -0.4 is 0 Å². The SMILES string of the molecule is O=C(OCC1=CC=CC1)c1cccc(-c2nc3ccc(-c4ccc5nc(-c6cccc(C(=O)OCC7=CC=CC7)c6)oc5c4)cc3o2)c1. The van der Waals surface area contributed by atoms with Crippen LogP contribution in [0.15, 0.2) is 141 Å². The first kappa shape index (κ1) is 29.1. The first-order valence-corrected chi connectivity index (χ1v) is 15.6. The largest absolute Gasteiger partial charge is 0.458 e. The van der Waals surface area contributed by atoms with Gasteiger partial charge in [-0.05, 0) is 95.8 Å². The molecule has 2 heterocycles. The van der Waals surface area contributed by atoms with Crippen molar-refractivity contribution in [2.45, 2.75) is 12.8 Å². The highest BCUT2D eigenvalue weighted by atomic mass is 16.5. The summed E-state index contributed by atoms with van der Waals surface area (Å²) in [6.07, 6.45) is 13.5. The minimum atomic E-state index is -0.394. The van der Waals surface area contributed by atoms with E-state index in [0.29, 0.717) is 56.2 Å². The number of oxazole rings is 2. The Bertz CT molecular complexity index is 2190. The van der Waals surface area contributed by atoms with E-state index < -0.39 is 11.9 Å². The van der Waals surface area contributed by atoms with E-state index in [1.54, 1.807) is 36.4 Å². The zero-order valence-electron chi connectivity index (χ0n) is 25.7. The second-order valence-electron chi connectivity index (χ2n) is 11.6. The normalized spacial score (nSPS) is 13.7. The van der Waals surface area contributed by atoms with Crippen molar-refractivity contribution in [3.8, 4) is 34.0 Å². The van der Waals surface area contributed by atoms with Gasteiger partial charge in [0.25, 0.3) is 0 Å². The number of esters is 2. The molecule has 0 amide bonds. The molecule has 0 bridgehead atoms. The molecule has 6 aromatic rings. The fraction of sp³-hybridized carbons (Fsp3) is 0.100. The summed E-state index contributed by atoms with van der Waals surface area (Å²) >= 11 is 0. The zero-order chi connectivity index (χ0) is 32.5. The van der Waals surface area contributed by atoms with Gasteiger partial charge in [-0.3, -0.25) is 0 Å². The van der Waals surface area contributed by atoms with Crippen molar-refractivity contribution in [1.82, 2.24) is 9.97 Å². The molecule has 2 aromatic heterocycles. The summed E-state index contributed by atoms with van der Waals surface area (Å²) in [6.45, 7) is 0.535. The molecule has 4 aromatic carbocycles. The van der Waals surface area contributed by atoms with Gasteiger partial charge in [0.2, 0.25) is 11.8 Å². The van der Waals surface area contributed by atoms with Crippen molar-refractivity contribution in [3.05, 3.63) is 144 Å². The molecule has 2 aliphatic rings. The molecule has 0 unspecified atom stereocenters. The van der Waals surface area contributed by atoms with E-state index in [1.165, 1.54) is 0 Å². The Balaban J connectivity index is 1.000. The van der Waals surface area contributed by atoms with Gasteiger partial charge in [-0.2, -0.15) is 0 Å². The highest BCUT2D eigenvalue weighted by Gasteiger charge is 2.16. The summed E-state index contributed by atoms with van der Waals surface area (Å²) < 4.78 is 23.3. The standard InChI is InChI=1S/C40H28N2O6/c43-39(45-23-25-7-1-2-8-25)31-13-5-11-29(19-31)37-41-33-17-15-27(21-35(33)47-37)28-16-18-34-36(22-28)48-38(42-34)30-12-6-14-32(20-30)40(44)46-24-26-9-3-4-10-26/h1-7,9,11-22H,8,10,23-24H2. The van der Waals surface area contributed by atoms with Gasteiger partial charge in [0.15, 0.2) is 11.2 Å². The lowest BCUT2D eigenvalue weighted by molar-refractivity contribution is 0.0530. The highest BCUT2D eigenvalue weighted by molar-refractivity contribution is 5.92. The lowest BCUT2D eigenvalue weighted by atomic mass is 10.1. The Kier molecular flexibility index (Phi) is 7.58. The van der Waals surface area contributed by atoms with Crippen LogP contribution in [0.25, 0.3) is 56.2 Å². The monoisotopic (exact) mass is 632 g/mol. The third-order valence-electron chi connectivity index (χ3n) is 8.27. The van der Waals surface area contributed by atoms with Crippen molar-refractivity contribution in [2.75, 3.05) is 13.2 Å². The molecule has 0 spiro atoms. The van der Waals surface area contributed by atoms with Crippen LogP contribution >= 0.6 is 0 Å². The third-order valence-corrected chi connectivity index (χ3v) is 8.27. The lowest BCUT2D eigenvalue weighted by Crippen LogP contribution is -2.07. The fourth-order valence-corrected chi connectivity index (χ4v) is 5.69. The third kappa shape index (κ3) is 5.99. The van der Waals surface area contributed by atoms with Gasteiger partial charge >= 0.3 is 11.9 Å². The molecule has 0 aliphatic heterocycles. The number of aromatic nitrogens is 2. The van der Waals surface area contributed by atoms with E-state index in [1.807, 2.05) is 85.0 Å². The second-order valence-corrected chi connectivity index (χ2v) is 11.6. The molecule has 48 heavy (non-hydrogen) atoms. The summed E-state index contributed by atoms with van der Waals surface area (Å²) in [5.74, 6) is 0.0340. The van der Waals surface area contributed by atoms with Crippen molar-refractivity contribution >= 4 is 34.1 Å². The van der Waals surface area contributed by atoms with Gasteiger partial charge in [-0.1, -0.05) is 60.7 Å². The van der Waals surface area contributed by atoms with E-state index >= 15 is 0 Å². The number of hydrogen-bond donors (Lipinski definition) is 0. The first-order valence-electron chi connectivity index (χ1n) is 15.6. The number of carbonyl (C=O) groups excluding carboxylic acids is 2. The molecule has 234 valence electrons. The summed E-state index contributed by atoms with van der Waals surface area (Å²) in [6, 6.07) is 25.8. The number of carbonyl (C=O) groups is 2. The van der Waals surface area contributed by atoms with Gasteiger partial charge < -0.3 is 18.3 Å². The average Bonchev–Trinajstić information content (AvgIpc) is 3.96. The molecular weight excluding hydrogens is 604 g/mol. The maximum Gasteiger partial charge on any atom is 0.338 e. The number of hydrogen-bond acceptors (Lipinski definition) is 8. The fourth-order valence-electron chi connectivity index (χ4n) is 5.69. The van der Waals surface area contributed by atoms with Crippen molar-refractivity contribution < 1.29 is 27.9 Å². The number of nitrogens with zero attached hydrogens (tertiary/aromatic N) is 2. The molecule has 0 radical (unpaired) electrons. The maximum absolute atomic E-state index is 12.7.